The van der Waals surface area contributed by atoms with Crippen LogP contribution in [0, 0.1) is 5.92 Å². The minimum absolute atomic E-state index is 0.642. The summed E-state index contributed by atoms with van der Waals surface area (Å²) in [6, 6.07) is 6.50. The second-order valence-corrected chi connectivity index (χ2v) is 5.61. The first kappa shape index (κ1) is 11.4. The van der Waals surface area contributed by atoms with Gasteiger partial charge < -0.3 is 15.6 Å². The van der Waals surface area contributed by atoms with Crippen LogP contribution in [0.4, 0.5) is 11.6 Å². The van der Waals surface area contributed by atoms with Gasteiger partial charge in [-0.2, -0.15) is 0 Å². The van der Waals surface area contributed by atoms with E-state index in [9.17, 15) is 0 Å². The molecule has 2 aromatic rings. The Labute approximate surface area is 107 Å². The molecule has 0 atom stereocenters. The number of benzene rings is 1. The van der Waals surface area contributed by atoms with Crippen LogP contribution in [0.2, 0.25) is 0 Å². The Kier molecular flexibility index (Phi) is 2.65. The molecule has 1 aliphatic rings. The van der Waals surface area contributed by atoms with Crippen molar-refractivity contribution in [1.29, 1.82) is 0 Å². The second kappa shape index (κ2) is 4.19. The first-order valence-electron chi connectivity index (χ1n) is 6.65. The maximum absolute atomic E-state index is 5.80. The van der Waals surface area contributed by atoms with Gasteiger partial charge in [-0.05, 0) is 37.0 Å². The monoisotopic (exact) mass is 244 g/mol. The van der Waals surface area contributed by atoms with Crippen LogP contribution in [0.15, 0.2) is 18.2 Å². The molecule has 0 aliphatic heterocycles. The first-order chi connectivity index (χ1) is 8.63. The first-order valence-corrected chi connectivity index (χ1v) is 6.65. The summed E-state index contributed by atoms with van der Waals surface area (Å²) in [5, 5.41) is 0. The van der Waals surface area contributed by atoms with Crippen molar-refractivity contribution >= 4 is 22.7 Å². The number of nitrogen functional groups attached to an aromatic ring is 1. The van der Waals surface area contributed by atoms with Crippen LogP contribution < -0.4 is 10.6 Å². The number of hydrogen-bond donors (Lipinski definition) is 2. The third-order valence-corrected chi connectivity index (χ3v) is 3.31. The van der Waals surface area contributed by atoms with Crippen molar-refractivity contribution in [2.24, 2.45) is 5.92 Å². The average Bonchev–Trinajstić information content (AvgIpc) is 3.05. The van der Waals surface area contributed by atoms with Gasteiger partial charge in [-0.25, -0.2) is 4.98 Å². The number of nitrogens with one attached hydrogen (secondary N) is 1. The topological polar surface area (TPSA) is 57.9 Å². The standard InChI is InChI=1S/C14H20N4/c1-9(2)8-18(11-4-5-11)14-16-12-6-3-10(15)7-13(12)17-14/h3,6-7,9,11H,4-5,8,15H2,1-2H3,(H,16,17). The number of H-pyrrole nitrogens is 1. The van der Waals surface area contributed by atoms with Crippen LogP contribution >= 0.6 is 0 Å². The number of anilines is 2. The number of aromatic nitrogens is 2. The van der Waals surface area contributed by atoms with Crippen molar-refractivity contribution in [2.75, 3.05) is 17.2 Å². The van der Waals surface area contributed by atoms with E-state index in [-0.39, 0.29) is 0 Å². The quantitative estimate of drug-likeness (QED) is 0.813. The van der Waals surface area contributed by atoms with Gasteiger partial charge in [-0.15, -0.1) is 0 Å². The summed E-state index contributed by atoms with van der Waals surface area (Å²) < 4.78 is 0. The molecule has 0 radical (unpaired) electrons. The van der Waals surface area contributed by atoms with Crippen LogP contribution in [0.1, 0.15) is 26.7 Å². The van der Waals surface area contributed by atoms with Gasteiger partial charge >= 0.3 is 0 Å². The van der Waals surface area contributed by atoms with E-state index < -0.39 is 0 Å². The second-order valence-electron chi connectivity index (χ2n) is 5.61. The molecule has 1 saturated carbocycles. The summed E-state index contributed by atoms with van der Waals surface area (Å²) in [4.78, 5) is 10.5. The van der Waals surface area contributed by atoms with E-state index in [4.69, 9.17) is 5.73 Å². The fourth-order valence-electron chi connectivity index (χ4n) is 2.34. The molecule has 4 heteroatoms. The molecule has 18 heavy (non-hydrogen) atoms. The molecular formula is C14H20N4. The van der Waals surface area contributed by atoms with Crippen LogP contribution in [-0.2, 0) is 0 Å². The van der Waals surface area contributed by atoms with Crippen molar-refractivity contribution in [1.82, 2.24) is 9.97 Å². The van der Waals surface area contributed by atoms with Gasteiger partial charge in [-0.3, -0.25) is 0 Å². The summed E-state index contributed by atoms with van der Waals surface area (Å²) in [5.74, 6) is 1.63. The highest BCUT2D eigenvalue weighted by atomic mass is 15.3. The molecule has 1 aromatic heterocycles. The number of fused-ring (bicyclic) bond motifs is 1. The molecule has 0 saturated heterocycles. The van der Waals surface area contributed by atoms with Crippen LogP contribution in [0.25, 0.3) is 11.0 Å². The lowest BCUT2D eigenvalue weighted by Crippen LogP contribution is -2.30. The number of rotatable bonds is 4. The van der Waals surface area contributed by atoms with E-state index in [0.29, 0.717) is 12.0 Å². The van der Waals surface area contributed by atoms with Crippen LogP contribution in [0.5, 0.6) is 0 Å². The number of nitrogens with two attached hydrogens (primary N) is 1. The fourth-order valence-corrected chi connectivity index (χ4v) is 2.34. The highest BCUT2D eigenvalue weighted by Gasteiger charge is 2.31. The predicted octanol–water partition coefficient (Wildman–Crippen LogP) is 2.77. The van der Waals surface area contributed by atoms with E-state index >= 15 is 0 Å². The Bertz CT molecular complexity index is 554. The summed E-state index contributed by atoms with van der Waals surface area (Å²) >= 11 is 0. The summed E-state index contributed by atoms with van der Waals surface area (Å²) in [6.45, 7) is 5.55. The van der Waals surface area contributed by atoms with Gasteiger partial charge in [0.25, 0.3) is 0 Å². The predicted molar refractivity (Wildman–Crippen MR) is 75.7 cm³/mol. The maximum atomic E-state index is 5.80. The Morgan fingerprint density at radius 1 is 1.44 bits per heavy atom. The lowest BCUT2D eigenvalue weighted by Gasteiger charge is -2.23. The number of nitrogens with zero attached hydrogens (tertiary/aromatic N) is 2. The summed E-state index contributed by atoms with van der Waals surface area (Å²) in [7, 11) is 0. The van der Waals surface area contributed by atoms with Crippen molar-refractivity contribution in [3.63, 3.8) is 0 Å². The lowest BCUT2D eigenvalue weighted by atomic mass is 10.2. The maximum Gasteiger partial charge on any atom is 0.204 e. The molecule has 4 nitrogen and oxygen atoms in total. The van der Waals surface area contributed by atoms with Crippen LogP contribution in [0.3, 0.4) is 0 Å². The molecule has 3 N–H and O–H groups in total. The molecule has 0 bridgehead atoms. The molecule has 0 unspecified atom stereocenters. The number of aromatic amines is 1. The van der Waals surface area contributed by atoms with Crippen LogP contribution in [-0.4, -0.2) is 22.6 Å². The Hall–Kier alpha value is -1.71. The van der Waals surface area contributed by atoms with E-state index in [0.717, 1.165) is 29.2 Å². The lowest BCUT2D eigenvalue weighted by molar-refractivity contribution is 0.599. The highest BCUT2D eigenvalue weighted by molar-refractivity contribution is 5.81. The van der Waals surface area contributed by atoms with Crippen molar-refractivity contribution in [2.45, 2.75) is 32.7 Å². The van der Waals surface area contributed by atoms with Crippen molar-refractivity contribution in [3.05, 3.63) is 18.2 Å². The van der Waals surface area contributed by atoms with Gasteiger partial charge in [0.2, 0.25) is 5.95 Å². The van der Waals surface area contributed by atoms with Gasteiger partial charge in [0, 0.05) is 18.3 Å². The number of imidazole rings is 1. The largest absolute Gasteiger partial charge is 0.399 e. The SMILES string of the molecule is CC(C)CN(c1nc2ccc(N)cc2[nH]1)C1CC1. The third-order valence-electron chi connectivity index (χ3n) is 3.31. The fraction of sp³-hybridized carbons (Fsp3) is 0.500. The molecule has 3 rings (SSSR count). The smallest absolute Gasteiger partial charge is 0.204 e. The Balaban J connectivity index is 1.95. The molecule has 1 fully saturated rings. The average molecular weight is 244 g/mol. The summed E-state index contributed by atoms with van der Waals surface area (Å²) in [5.41, 5.74) is 8.60. The summed E-state index contributed by atoms with van der Waals surface area (Å²) in [6.07, 6.45) is 2.57. The Morgan fingerprint density at radius 3 is 2.89 bits per heavy atom. The zero-order valence-electron chi connectivity index (χ0n) is 11.0. The van der Waals surface area contributed by atoms with E-state index in [1.807, 2.05) is 18.2 Å². The van der Waals surface area contributed by atoms with Gasteiger partial charge in [-0.1, -0.05) is 13.8 Å². The number of hydrogen-bond acceptors (Lipinski definition) is 3. The van der Waals surface area contributed by atoms with Gasteiger partial charge in [0.1, 0.15) is 0 Å². The molecule has 1 aliphatic carbocycles. The highest BCUT2D eigenvalue weighted by Crippen LogP contribution is 2.32. The zero-order chi connectivity index (χ0) is 12.7. The molecule has 0 amide bonds. The van der Waals surface area contributed by atoms with Gasteiger partial charge in [0.05, 0.1) is 11.0 Å². The van der Waals surface area contributed by atoms with E-state index in [2.05, 4.69) is 28.7 Å². The minimum atomic E-state index is 0.642. The minimum Gasteiger partial charge on any atom is -0.399 e. The van der Waals surface area contributed by atoms with E-state index in [1.54, 1.807) is 0 Å². The third kappa shape index (κ3) is 2.15. The molecule has 1 aromatic carbocycles. The molecule has 96 valence electrons. The molecular weight excluding hydrogens is 224 g/mol. The zero-order valence-corrected chi connectivity index (χ0v) is 11.0. The van der Waals surface area contributed by atoms with E-state index in [1.165, 1.54) is 12.8 Å². The molecule has 0 spiro atoms. The van der Waals surface area contributed by atoms with Crippen molar-refractivity contribution < 1.29 is 0 Å². The normalized spacial score (nSPS) is 15.5. The molecule has 1 heterocycles. The Morgan fingerprint density at radius 2 is 2.22 bits per heavy atom. The van der Waals surface area contributed by atoms with Crippen molar-refractivity contribution in [3.8, 4) is 0 Å². The van der Waals surface area contributed by atoms with Gasteiger partial charge in [0.15, 0.2) is 0 Å².